The van der Waals surface area contributed by atoms with Crippen molar-refractivity contribution in [3.63, 3.8) is 0 Å². The molecule has 0 aliphatic rings. The van der Waals surface area contributed by atoms with Crippen LogP contribution in [0.5, 0.6) is 0 Å². The third-order valence-corrected chi connectivity index (χ3v) is 1.73. The molecule has 0 bridgehead atoms. The molecule has 0 aliphatic heterocycles. The van der Waals surface area contributed by atoms with Crippen LogP contribution in [0.3, 0.4) is 0 Å². The maximum absolute atomic E-state index is 11.3. The minimum absolute atomic E-state index is 0.0188. The lowest BCUT2D eigenvalue weighted by Gasteiger charge is -2.15. The molecule has 0 radical (unpaired) electrons. The van der Waals surface area contributed by atoms with Crippen LogP contribution in [-0.4, -0.2) is 30.3 Å². The summed E-state index contributed by atoms with van der Waals surface area (Å²) in [4.78, 5) is 32.9. The predicted octanol–water partition coefficient (Wildman–Crippen LogP) is 0.423. The Hall–Kier alpha value is -1.39. The molecule has 0 rings (SSSR count). The lowest BCUT2D eigenvalue weighted by atomic mass is 10.1. The first kappa shape index (κ1) is 13.6. The number of rotatable bonds is 6. The third kappa shape index (κ3) is 6.65. The molecular formula is C10H17NO4. The van der Waals surface area contributed by atoms with Gasteiger partial charge in [0.2, 0.25) is 5.91 Å². The van der Waals surface area contributed by atoms with Crippen LogP contribution >= 0.6 is 0 Å². The standard InChI is InChI=1S/C10H17NO4/c1-4-15-10(14)9(11-8(3)13)6-5-7(2)12/h9H,4-6H2,1-3H3,(H,11,13). The number of amides is 1. The summed E-state index contributed by atoms with van der Waals surface area (Å²) < 4.78 is 4.77. The van der Waals surface area contributed by atoms with Crippen molar-refractivity contribution in [3.8, 4) is 0 Å². The molecule has 0 heterocycles. The Morgan fingerprint density at radius 3 is 2.27 bits per heavy atom. The summed E-state index contributed by atoms with van der Waals surface area (Å²) in [7, 11) is 0. The molecular weight excluding hydrogens is 198 g/mol. The number of ether oxygens (including phenoxy) is 1. The van der Waals surface area contributed by atoms with Crippen LogP contribution in [0.25, 0.3) is 0 Å². The molecule has 0 aromatic rings. The Bertz CT molecular complexity index is 250. The minimum atomic E-state index is -0.716. The van der Waals surface area contributed by atoms with Gasteiger partial charge in [0.05, 0.1) is 6.61 Å². The number of hydrogen-bond acceptors (Lipinski definition) is 4. The van der Waals surface area contributed by atoms with Crippen molar-refractivity contribution in [2.24, 2.45) is 0 Å². The molecule has 86 valence electrons. The average molecular weight is 215 g/mol. The molecule has 15 heavy (non-hydrogen) atoms. The molecule has 0 aromatic carbocycles. The highest BCUT2D eigenvalue weighted by Crippen LogP contribution is 2.01. The first-order valence-electron chi connectivity index (χ1n) is 4.90. The Morgan fingerprint density at radius 1 is 1.27 bits per heavy atom. The van der Waals surface area contributed by atoms with Crippen molar-refractivity contribution in [1.82, 2.24) is 5.32 Å². The number of carbonyl (C=O) groups excluding carboxylic acids is 3. The first-order valence-corrected chi connectivity index (χ1v) is 4.90. The Morgan fingerprint density at radius 2 is 1.87 bits per heavy atom. The molecule has 1 amide bonds. The van der Waals surface area contributed by atoms with E-state index in [9.17, 15) is 14.4 Å². The molecule has 0 aliphatic carbocycles. The van der Waals surface area contributed by atoms with Crippen molar-refractivity contribution in [3.05, 3.63) is 0 Å². The van der Waals surface area contributed by atoms with Crippen LogP contribution in [-0.2, 0) is 19.1 Å². The number of Topliss-reactive ketones (excluding diaryl/α,β-unsaturated/α-hetero) is 1. The monoisotopic (exact) mass is 215 g/mol. The highest BCUT2D eigenvalue weighted by molar-refractivity contribution is 5.84. The van der Waals surface area contributed by atoms with Crippen LogP contribution in [0.1, 0.15) is 33.6 Å². The second-order valence-electron chi connectivity index (χ2n) is 3.25. The Labute approximate surface area is 89.2 Å². The van der Waals surface area contributed by atoms with E-state index in [1.807, 2.05) is 0 Å². The van der Waals surface area contributed by atoms with E-state index in [1.54, 1.807) is 6.92 Å². The van der Waals surface area contributed by atoms with E-state index < -0.39 is 12.0 Å². The molecule has 5 nitrogen and oxygen atoms in total. The van der Waals surface area contributed by atoms with Crippen LogP contribution in [0, 0.1) is 0 Å². The summed E-state index contributed by atoms with van der Waals surface area (Å²) >= 11 is 0. The van der Waals surface area contributed by atoms with Gasteiger partial charge in [0.25, 0.3) is 0 Å². The van der Waals surface area contributed by atoms with Gasteiger partial charge < -0.3 is 14.8 Å². The number of esters is 1. The maximum Gasteiger partial charge on any atom is 0.328 e. The Kier molecular flexibility index (Phi) is 6.33. The topological polar surface area (TPSA) is 72.5 Å². The van der Waals surface area contributed by atoms with Crippen molar-refractivity contribution < 1.29 is 19.1 Å². The number of hydrogen-bond donors (Lipinski definition) is 1. The molecule has 0 saturated carbocycles. The van der Waals surface area contributed by atoms with Crippen LogP contribution in [0.15, 0.2) is 0 Å². The van der Waals surface area contributed by atoms with E-state index in [1.165, 1.54) is 13.8 Å². The molecule has 0 aromatic heterocycles. The van der Waals surface area contributed by atoms with Gasteiger partial charge in [-0.05, 0) is 20.3 Å². The summed E-state index contributed by atoms with van der Waals surface area (Å²) in [6.07, 6.45) is 0.539. The zero-order valence-electron chi connectivity index (χ0n) is 9.33. The summed E-state index contributed by atoms with van der Waals surface area (Å²) in [6.45, 7) is 4.71. The zero-order valence-corrected chi connectivity index (χ0v) is 9.33. The summed E-state index contributed by atoms with van der Waals surface area (Å²) in [5.74, 6) is -0.819. The summed E-state index contributed by atoms with van der Waals surface area (Å²) in [5.41, 5.74) is 0. The normalized spacial score (nSPS) is 11.7. The maximum atomic E-state index is 11.3. The highest BCUT2D eigenvalue weighted by Gasteiger charge is 2.20. The van der Waals surface area contributed by atoms with Crippen molar-refractivity contribution >= 4 is 17.7 Å². The highest BCUT2D eigenvalue weighted by atomic mass is 16.5. The fourth-order valence-electron chi connectivity index (χ4n) is 1.08. The van der Waals surface area contributed by atoms with E-state index >= 15 is 0 Å². The second-order valence-corrected chi connectivity index (χ2v) is 3.25. The van der Waals surface area contributed by atoms with Gasteiger partial charge >= 0.3 is 5.97 Å². The van der Waals surface area contributed by atoms with E-state index in [4.69, 9.17) is 4.74 Å². The minimum Gasteiger partial charge on any atom is -0.464 e. The lowest BCUT2D eigenvalue weighted by molar-refractivity contribution is -0.147. The number of nitrogens with one attached hydrogen (secondary N) is 1. The van der Waals surface area contributed by atoms with Crippen molar-refractivity contribution in [2.45, 2.75) is 39.7 Å². The van der Waals surface area contributed by atoms with Gasteiger partial charge in [-0.15, -0.1) is 0 Å². The number of ketones is 1. The van der Waals surface area contributed by atoms with Gasteiger partial charge in [-0.2, -0.15) is 0 Å². The van der Waals surface area contributed by atoms with Gasteiger partial charge in [0.1, 0.15) is 11.8 Å². The molecule has 1 N–H and O–H groups in total. The molecule has 1 unspecified atom stereocenters. The van der Waals surface area contributed by atoms with E-state index in [0.717, 1.165) is 0 Å². The predicted molar refractivity (Wildman–Crippen MR) is 54.2 cm³/mol. The average Bonchev–Trinajstić information content (AvgIpc) is 2.11. The smallest absolute Gasteiger partial charge is 0.328 e. The third-order valence-electron chi connectivity index (χ3n) is 1.73. The van der Waals surface area contributed by atoms with Crippen LogP contribution < -0.4 is 5.32 Å². The first-order chi connectivity index (χ1) is 6.97. The molecule has 0 saturated heterocycles. The van der Waals surface area contributed by atoms with Crippen molar-refractivity contribution in [2.75, 3.05) is 6.61 Å². The van der Waals surface area contributed by atoms with Gasteiger partial charge in [0.15, 0.2) is 0 Å². The zero-order chi connectivity index (χ0) is 11.8. The van der Waals surface area contributed by atoms with Crippen molar-refractivity contribution in [1.29, 1.82) is 0 Å². The molecule has 0 spiro atoms. The van der Waals surface area contributed by atoms with Gasteiger partial charge in [0, 0.05) is 13.3 Å². The molecule has 1 atom stereocenters. The lowest BCUT2D eigenvalue weighted by Crippen LogP contribution is -2.41. The second kappa shape index (κ2) is 6.98. The van der Waals surface area contributed by atoms with E-state index in [0.29, 0.717) is 0 Å². The quantitative estimate of drug-likeness (QED) is 0.652. The van der Waals surface area contributed by atoms with Gasteiger partial charge in [-0.25, -0.2) is 4.79 Å². The summed E-state index contributed by atoms with van der Waals surface area (Å²) in [5, 5.41) is 2.45. The van der Waals surface area contributed by atoms with E-state index in [-0.39, 0.29) is 31.1 Å². The number of carbonyl (C=O) groups is 3. The van der Waals surface area contributed by atoms with E-state index in [2.05, 4.69) is 5.32 Å². The fraction of sp³-hybridized carbons (Fsp3) is 0.700. The SMILES string of the molecule is CCOC(=O)C(CCC(C)=O)NC(C)=O. The van der Waals surface area contributed by atoms with Gasteiger partial charge in [-0.1, -0.05) is 0 Å². The Balaban J connectivity index is 4.23. The largest absolute Gasteiger partial charge is 0.464 e. The van der Waals surface area contributed by atoms with Crippen LogP contribution in [0.4, 0.5) is 0 Å². The molecule has 5 heteroatoms. The van der Waals surface area contributed by atoms with Crippen LogP contribution in [0.2, 0.25) is 0 Å². The fourth-order valence-corrected chi connectivity index (χ4v) is 1.08. The summed E-state index contributed by atoms with van der Waals surface area (Å²) in [6, 6.07) is -0.716. The molecule has 0 fully saturated rings. The van der Waals surface area contributed by atoms with Gasteiger partial charge in [-0.3, -0.25) is 4.79 Å².